The molecule has 0 bridgehead atoms. The van der Waals surface area contributed by atoms with Gasteiger partial charge in [-0.2, -0.15) is 0 Å². The molecule has 0 fully saturated rings. The van der Waals surface area contributed by atoms with Crippen LogP contribution in [-0.2, 0) is 0 Å². The first kappa shape index (κ1) is 9.13. The Morgan fingerprint density at radius 1 is 1.33 bits per heavy atom. The summed E-state index contributed by atoms with van der Waals surface area (Å²) < 4.78 is 0. The Hall–Kier alpha value is -0.960. The predicted octanol–water partition coefficient (Wildman–Crippen LogP) is 2.47. The second kappa shape index (κ2) is 3.63. The van der Waals surface area contributed by atoms with Gasteiger partial charge in [0.2, 0.25) is 0 Å². The van der Waals surface area contributed by atoms with Crippen molar-refractivity contribution >= 4 is 17.0 Å². The quantitative estimate of drug-likeness (QED) is 0.676. The molecule has 2 N–H and O–H groups in total. The monoisotopic (exact) mass is 181 g/mol. The second-order valence-corrected chi connectivity index (χ2v) is 3.75. The number of nitrogens with two attached hydrogens (primary N) is 1. The molecule has 0 aliphatic carbocycles. The standard InChI is InChI=1S/C9H11NOS/c1-6-3-4-8(5-7(6)2)12-9(10)11/h3-5H,1-2H3,(H2,10,11). The molecule has 0 aliphatic heterocycles. The molecule has 12 heavy (non-hydrogen) atoms. The Balaban J connectivity index is 2.89. The van der Waals surface area contributed by atoms with Crippen LogP contribution in [0.25, 0.3) is 0 Å². The number of primary amides is 1. The molecule has 2 nitrogen and oxygen atoms in total. The topological polar surface area (TPSA) is 43.1 Å². The van der Waals surface area contributed by atoms with E-state index in [2.05, 4.69) is 0 Å². The number of carbonyl (C=O) groups excluding carboxylic acids is 1. The summed E-state index contributed by atoms with van der Waals surface area (Å²) >= 11 is 1.06. The highest BCUT2D eigenvalue weighted by molar-refractivity contribution is 8.13. The minimum atomic E-state index is -0.363. The molecule has 0 saturated heterocycles. The third-order valence-electron chi connectivity index (χ3n) is 1.70. The van der Waals surface area contributed by atoms with Crippen molar-refractivity contribution in [1.82, 2.24) is 0 Å². The average molecular weight is 181 g/mol. The summed E-state index contributed by atoms with van der Waals surface area (Å²) in [6, 6.07) is 5.85. The van der Waals surface area contributed by atoms with Crippen molar-refractivity contribution in [1.29, 1.82) is 0 Å². The van der Waals surface area contributed by atoms with Gasteiger partial charge in [0, 0.05) is 4.90 Å². The molecule has 1 amide bonds. The molecular weight excluding hydrogens is 170 g/mol. The van der Waals surface area contributed by atoms with E-state index in [0.29, 0.717) is 0 Å². The summed E-state index contributed by atoms with van der Waals surface area (Å²) in [5.41, 5.74) is 7.44. The van der Waals surface area contributed by atoms with Gasteiger partial charge in [-0.25, -0.2) is 0 Å². The van der Waals surface area contributed by atoms with Crippen LogP contribution in [0.1, 0.15) is 11.1 Å². The van der Waals surface area contributed by atoms with E-state index in [9.17, 15) is 4.79 Å². The van der Waals surface area contributed by atoms with Crippen LogP contribution in [0.2, 0.25) is 0 Å². The first-order chi connectivity index (χ1) is 5.59. The van der Waals surface area contributed by atoms with Crippen molar-refractivity contribution in [3.63, 3.8) is 0 Å². The zero-order valence-electron chi connectivity index (χ0n) is 7.13. The molecule has 1 aromatic carbocycles. The van der Waals surface area contributed by atoms with Crippen LogP contribution in [0.15, 0.2) is 23.1 Å². The zero-order chi connectivity index (χ0) is 9.14. The molecular formula is C9H11NOS. The van der Waals surface area contributed by atoms with Crippen LogP contribution in [0, 0.1) is 13.8 Å². The fraction of sp³-hybridized carbons (Fsp3) is 0.222. The molecule has 0 aliphatic rings. The Morgan fingerprint density at radius 2 is 2.00 bits per heavy atom. The van der Waals surface area contributed by atoms with Gasteiger partial charge < -0.3 is 5.73 Å². The molecule has 0 saturated carbocycles. The lowest BCUT2D eigenvalue weighted by Gasteiger charge is -2.01. The third kappa shape index (κ3) is 2.27. The van der Waals surface area contributed by atoms with Crippen molar-refractivity contribution < 1.29 is 4.79 Å². The fourth-order valence-electron chi connectivity index (χ4n) is 0.894. The van der Waals surface area contributed by atoms with Gasteiger partial charge in [-0.1, -0.05) is 6.07 Å². The number of aryl methyl sites for hydroxylation is 2. The van der Waals surface area contributed by atoms with Crippen LogP contribution < -0.4 is 5.73 Å². The number of benzene rings is 1. The summed E-state index contributed by atoms with van der Waals surface area (Å²) in [5, 5.41) is -0.363. The fourth-order valence-corrected chi connectivity index (χ4v) is 1.50. The third-order valence-corrected chi connectivity index (χ3v) is 2.39. The largest absolute Gasteiger partial charge is 0.360 e. The van der Waals surface area contributed by atoms with Crippen LogP contribution in [0.5, 0.6) is 0 Å². The van der Waals surface area contributed by atoms with E-state index in [4.69, 9.17) is 5.73 Å². The lowest BCUT2D eigenvalue weighted by molar-refractivity contribution is 0.267. The van der Waals surface area contributed by atoms with Gasteiger partial charge in [-0.3, -0.25) is 4.79 Å². The maximum absolute atomic E-state index is 10.6. The Labute approximate surface area is 76.2 Å². The van der Waals surface area contributed by atoms with Crippen molar-refractivity contribution in [2.45, 2.75) is 18.7 Å². The zero-order valence-corrected chi connectivity index (χ0v) is 7.94. The Morgan fingerprint density at radius 3 is 2.50 bits per heavy atom. The molecule has 0 aromatic heterocycles. The molecule has 0 atom stereocenters. The van der Waals surface area contributed by atoms with E-state index in [-0.39, 0.29) is 5.24 Å². The number of thioether (sulfide) groups is 1. The van der Waals surface area contributed by atoms with Gasteiger partial charge in [-0.15, -0.1) is 0 Å². The highest BCUT2D eigenvalue weighted by atomic mass is 32.2. The highest BCUT2D eigenvalue weighted by Gasteiger charge is 2.00. The summed E-state index contributed by atoms with van der Waals surface area (Å²) in [6.45, 7) is 4.05. The maximum Gasteiger partial charge on any atom is 0.281 e. The van der Waals surface area contributed by atoms with Crippen LogP contribution in [0.4, 0.5) is 4.79 Å². The molecule has 3 heteroatoms. The molecule has 64 valence electrons. The molecule has 0 unspecified atom stereocenters. The summed E-state index contributed by atoms with van der Waals surface area (Å²) in [4.78, 5) is 11.5. The van der Waals surface area contributed by atoms with E-state index in [0.717, 1.165) is 16.7 Å². The summed E-state index contributed by atoms with van der Waals surface area (Å²) in [6.07, 6.45) is 0. The van der Waals surface area contributed by atoms with Gasteiger partial charge in [0.05, 0.1) is 0 Å². The highest BCUT2D eigenvalue weighted by Crippen LogP contribution is 2.20. The number of hydrogen-bond donors (Lipinski definition) is 1. The minimum Gasteiger partial charge on any atom is -0.360 e. The molecule has 0 radical (unpaired) electrons. The van der Waals surface area contributed by atoms with Crippen molar-refractivity contribution in [3.05, 3.63) is 29.3 Å². The number of hydrogen-bond acceptors (Lipinski definition) is 2. The Bertz CT molecular complexity index is 309. The molecule has 0 spiro atoms. The van der Waals surface area contributed by atoms with Gasteiger partial charge in [0.25, 0.3) is 5.24 Å². The summed E-state index contributed by atoms with van der Waals surface area (Å²) in [7, 11) is 0. The summed E-state index contributed by atoms with van der Waals surface area (Å²) in [5.74, 6) is 0. The van der Waals surface area contributed by atoms with Crippen molar-refractivity contribution in [3.8, 4) is 0 Å². The van der Waals surface area contributed by atoms with E-state index in [1.54, 1.807) is 0 Å². The number of rotatable bonds is 1. The number of amides is 1. The maximum atomic E-state index is 10.6. The van der Waals surface area contributed by atoms with E-state index in [1.165, 1.54) is 11.1 Å². The predicted molar refractivity (Wildman–Crippen MR) is 51.4 cm³/mol. The molecule has 0 heterocycles. The second-order valence-electron chi connectivity index (χ2n) is 2.67. The van der Waals surface area contributed by atoms with Gasteiger partial charge in [0.1, 0.15) is 0 Å². The molecule has 1 aromatic rings. The molecule has 1 rings (SSSR count). The minimum absolute atomic E-state index is 0.363. The van der Waals surface area contributed by atoms with Crippen LogP contribution in [0.3, 0.4) is 0 Å². The lowest BCUT2D eigenvalue weighted by atomic mass is 10.1. The van der Waals surface area contributed by atoms with E-state index in [1.807, 2.05) is 32.0 Å². The van der Waals surface area contributed by atoms with Crippen LogP contribution in [-0.4, -0.2) is 5.24 Å². The van der Waals surface area contributed by atoms with Gasteiger partial charge >= 0.3 is 0 Å². The van der Waals surface area contributed by atoms with Crippen LogP contribution >= 0.6 is 11.8 Å². The lowest BCUT2D eigenvalue weighted by Crippen LogP contribution is -2.01. The Kier molecular flexibility index (Phi) is 2.76. The normalized spacial score (nSPS) is 9.83. The van der Waals surface area contributed by atoms with Crippen molar-refractivity contribution in [2.24, 2.45) is 5.73 Å². The van der Waals surface area contributed by atoms with E-state index < -0.39 is 0 Å². The first-order valence-corrected chi connectivity index (χ1v) is 4.46. The smallest absolute Gasteiger partial charge is 0.281 e. The van der Waals surface area contributed by atoms with E-state index >= 15 is 0 Å². The van der Waals surface area contributed by atoms with Crippen molar-refractivity contribution in [2.75, 3.05) is 0 Å². The first-order valence-electron chi connectivity index (χ1n) is 3.64. The average Bonchev–Trinajstić information content (AvgIpc) is 1.96. The number of carbonyl (C=O) groups is 1. The van der Waals surface area contributed by atoms with Gasteiger partial charge in [-0.05, 0) is 48.9 Å². The SMILES string of the molecule is Cc1ccc(SC(N)=O)cc1C. The van der Waals surface area contributed by atoms with Gasteiger partial charge in [0.15, 0.2) is 0 Å².